The van der Waals surface area contributed by atoms with E-state index in [9.17, 15) is 29.4 Å². The largest absolute Gasteiger partial charge is 0.493 e. The van der Waals surface area contributed by atoms with Crippen molar-refractivity contribution in [3.63, 3.8) is 0 Å². The quantitative estimate of drug-likeness (QED) is 0.337. The molecule has 0 aliphatic rings. The Balaban J connectivity index is 2.11. The van der Waals surface area contributed by atoms with Crippen molar-refractivity contribution >= 4 is 23.8 Å². The molecular formula is C26H24N2O8. The molecule has 10 heteroatoms. The van der Waals surface area contributed by atoms with Crippen molar-refractivity contribution in [1.82, 2.24) is 10.6 Å². The maximum atomic E-state index is 12.8. The van der Waals surface area contributed by atoms with E-state index in [1.807, 2.05) is 0 Å². The van der Waals surface area contributed by atoms with Crippen molar-refractivity contribution in [2.45, 2.75) is 12.1 Å². The normalized spacial score (nSPS) is 12.1. The highest BCUT2D eigenvalue weighted by Gasteiger charge is 2.33. The van der Waals surface area contributed by atoms with Gasteiger partial charge in [0.2, 0.25) is 0 Å². The Labute approximate surface area is 206 Å². The number of hydrogen-bond acceptors (Lipinski definition) is 6. The molecule has 0 aromatic heterocycles. The van der Waals surface area contributed by atoms with Crippen molar-refractivity contribution < 1.29 is 38.9 Å². The van der Waals surface area contributed by atoms with Gasteiger partial charge < -0.3 is 30.3 Å². The molecule has 0 aliphatic carbocycles. The van der Waals surface area contributed by atoms with Crippen LogP contribution in [0.3, 0.4) is 0 Å². The Kier molecular flexibility index (Phi) is 8.24. The minimum Gasteiger partial charge on any atom is -0.493 e. The monoisotopic (exact) mass is 492 g/mol. The summed E-state index contributed by atoms with van der Waals surface area (Å²) in [6.45, 7) is 0. The van der Waals surface area contributed by atoms with Crippen molar-refractivity contribution in [2.75, 3.05) is 14.2 Å². The molecule has 36 heavy (non-hydrogen) atoms. The van der Waals surface area contributed by atoms with Gasteiger partial charge in [0.25, 0.3) is 11.8 Å². The molecule has 0 radical (unpaired) electrons. The molecule has 0 saturated carbocycles. The van der Waals surface area contributed by atoms with E-state index in [4.69, 9.17) is 9.47 Å². The summed E-state index contributed by atoms with van der Waals surface area (Å²) in [7, 11) is 2.65. The van der Waals surface area contributed by atoms with Crippen LogP contribution in [0.4, 0.5) is 0 Å². The summed E-state index contributed by atoms with van der Waals surface area (Å²) in [5.41, 5.74) is 0.200. The molecule has 0 spiro atoms. The molecule has 4 N–H and O–H groups in total. The van der Waals surface area contributed by atoms with E-state index in [2.05, 4.69) is 10.6 Å². The van der Waals surface area contributed by atoms with Gasteiger partial charge in [0, 0.05) is 11.1 Å². The SMILES string of the molecule is COc1cc([C@H](NC(=O)c2ccccc2)C(=O)O)c([C@H](NC(=O)c2ccccc2)C(=O)O)cc1OC. The smallest absolute Gasteiger partial charge is 0.330 e. The number of carboxylic acids is 2. The molecule has 3 aromatic rings. The maximum Gasteiger partial charge on any atom is 0.330 e. The van der Waals surface area contributed by atoms with Crippen molar-refractivity contribution in [1.29, 1.82) is 0 Å². The summed E-state index contributed by atoms with van der Waals surface area (Å²) in [5.74, 6) is -4.07. The van der Waals surface area contributed by atoms with E-state index >= 15 is 0 Å². The molecular weight excluding hydrogens is 468 g/mol. The third-order valence-corrected chi connectivity index (χ3v) is 5.33. The maximum absolute atomic E-state index is 12.8. The van der Waals surface area contributed by atoms with Crippen LogP contribution in [0.25, 0.3) is 0 Å². The lowest BCUT2D eigenvalue weighted by molar-refractivity contribution is -0.141. The number of methoxy groups -OCH3 is 2. The number of hydrogen-bond donors (Lipinski definition) is 4. The first-order chi connectivity index (χ1) is 17.3. The van der Waals surface area contributed by atoms with Gasteiger partial charge in [-0.3, -0.25) is 9.59 Å². The Morgan fingerprint density at radius 3 is 1.25 bits per heavy atom. The molecule has 2 atom stereocenters. The molecule has 0 bridgehead atoms. The fourth-order valence-electron chi connectivity index (χ4n) is 3.56. The second-order valence-electron chi connectivity index (χ2n) is 7.56. The first-order valence-corrected chi connectivity index (χ1v) is 10.7. The lowest BCUT2D eigenvalue weighted by Gasteiger charge is -2.24. The van der Waals surface area contributed by atoms with Crippen molar-refractivity contribution in [3.8, 4) is 11.5 Å². The number of ether oxygens (including phenoxy) is 2. The van der Waals surface area contributed by atoms with Gasteiger partial charge in [-0.25, -0.2) is 9.59 Å². The van der Waals surface area contributed by atoms with E-state index < -0.39 is 35.8 Å². The number of nitrogens with one attached hydrogen (secondary N) is 2. The molecule has 0 unspecified atom stereocenters. The molecule has 0 heterocycles. The Morgan fingerprint density at radius 1 is 0.639 bits per heavy atom. The van der Waals surface area contributed by atoms with Crippen LogP contribution in [0.5, 0.6) is 11.5 Å². The van der Waals surface area contributed by atoms with Crippen LogP contribution >= 0.6 is 0 Å². The number of carboxylic acid groups (broad SMARTS) is 2. The van der Waals surface area contributed by atoms with Crippen molar-refractivity contribution in [3.05, 3.63) is 95.1 Å². The van der Waals surface area contributed by atoms with Crippen LogP contribution in [-0.4, -0.2) is 48.2 Å². The summed E-state index contributed by atoms with van der Waals surface area (Å²) in [5, 5.41) is 24.8. The zero-order valence-corrected chi connectivity index (χ0v) is 19.4. The van der Waals surface area contributed by atoms with Gasteiger partial charge in [0.1, 0.15) is 0 Å². The molecule has 3 aromatic carbocycles. The summed E-state index contributed by atoms with van der Waals surface area (Å²) in [4.78, 5) is 50.1. The third kappa shape index (κ3) is 5.79. The minimum atomic E-state index is -1.68. The summed E-state index contributed by atoms with van der Waals surface area (Å²) in [6, 6.07) is 15.1. The van der Waals surface area contributed by atoms with E-state index in [1.165, 1.54) is 50.6 Å². The molecule has 0 saturated heterocycles. The van der Waals surface area contributed by atoms with E-state index in [1.54, 1.807) is 36.4 Å². The predicted octanol–water partition coefficient (Wildman–Crippen LogP) is 2.82. The Hall–Kier alpha value is -4.86. The molecule has 186 valence electrons. The lowest BCUT2D eigenvalue weighted by Crippen LogP contribution is -2.38. The fourth-order valence-corrected chi connectivity index (χ4v) is 3.56. The highest BCUT2D eigenvalue weighted by atomic mass is 16.5. The number of benzene rings is 3. The van der Waals surface area contributed by atoms with Crippen LogP contribution in [0.1, 0.15) is 43.9 Å². The van der Waals surface area contributed by atoms with E-state index in [0.717, 1.165) is 0 Å². The highest BCUT2D eigenvalue weighted by Crippen LogP contribution is 2.36. The highest BCUT2D eigenvalue weighted by molar-refractivity contribution is 5.98. The summed E-state index contributed by atoms with van der Waals surface area (Å²) >= 11 is 0. The van der Waals surface area contributed by atoms with Gasteiger partial charge in [0.05, 0.1) is 14.2 Å². The van der Waals surface area contributed by atoms with Crippen LogP contribution in [0.15, 0.2) is 72.8 Å². The van der Waals surface area contributed by atoms with Crippen LogP contribution in [0, 0.1) is 0 Å². The van der Waals surface area contributed by atoms with Crippen LogP contribution in [0.2, 0.25) is 0 Å². The number of aliphatic carboxylic acids is 2. The van der Waals surface area contributed by atoms with Crippen LogP contribution < -0.4 is 20.1 Å². The van der Waals surface area contributed by atoms with E-state index in [-0.39, 0.29) is 33.8 Å². The lowest BCUT2D eigenvalue weighted by atomic mass is 9.93. The average Bonchev–Trinajstić information content (AvgIpc) is 2.90. The van der Waals surface area contributed by atoms with Crippen LogP contribution in [-0.2, 0) is 9.59 Å². The third-order valence-electron chi connectivity index (χ3n) is 5.33. The van der Waals surface area contributed by atoms with Gasteiger partial charge in [0.15, 0.2) is 23.6 Å². The van der Waals surface area contributed by atoms with Crippen molar-refractivity contribution in [2.24, 2.45) is 0 Å². The zero-order chi connectivity index (χ0) is 26.2. The molecule has 2 amide bonds. The second-order valence-corrected chi connectivity index (χ2v) is 7.56. The topological polar surface area (TPSA) is 151 Å². The molecule has 0 aliphatic heterocycles. The first-order valence-electron chi connectivity index (χ1n) is 10.7. The predicted molar refractivity (Wildman–Crippen MR) is 128 cm³/mol. The molecule has 10 nitrogen and oxygen atoms in total. The standard InChI is InChI=1S/C26H24N2O8/c1-35-19-13-17(21(25(31)32)27-23(29)15-9-5-3-6-10-15)18(14-20(19)36-2)22(26(33)34)28-24(30)16-11-7-4-8-12-16/h3-14,21-22H,1-2H3,(H,27,29)(H,28,30)(H,31,32)(H,33,34)/t21-,22-/m0/s1. The summed E-state index contributed by atoms with van der Waals surface area (Å²) < 4.78 is 10.6. The number of carbonyl (C=O) groups is 4. The molecule has 3 rings (SSSR count). The number of rotatable bonds is 10. The summed E-state index contributed by atoms with van der Waals surface area (Å²) in [6.07, 6.45) is 0. The Bertz CT molecular complexity index is 1160. The van der Waals surface area contributed by atoms with Gasteiger partial charge in [-0.1, -0.05) is 36.4 Å². The van der Waals surface area contributed by atoms with Gasteiger partial charge in [-0.15, -0.1) is 0 Å². The van der Waals surface area contributed by atoms with Gasteiger partial charge in [-0.2, -0.15) is 0 Å². The Morgan fingerprint density at radius 2 is 0.972 bits per heavy atom. The number of amides is 2. The first kappa shape index (κ1) is 25.8. The number of carbonyl (C=O) groups excluding carboxylic acids is 2. The zero-order valence-electron chi connectivity index (χ0n) is 19.4. The van der Waals surface area contributed by atoms with Gasteiger partial charge >= 0.3 is 11.9 Å². The van der Waals surface area contributed by atoms with Gasteiger partial charge in [-0.05, 0) is 47.5 Å². The fraction of sp³-hybridized carbons (Fsp3) is 0.154. The second kappa shape index (κ2) is 11.5. The molecule has 0 fully saturated rings. The minimum absolute atomic E-state index is 0.106. The van der Waals surface area contributed by atoms with E-state index in [0.29, 0.717) is 0 Å². The average molecular weight is 492 g/mol.